The number of hydrogen-bond donors (Lipinski definition) is 0. The molecule has 0 spiro atoms. The maximum Gasteiger partial charge on any atom is 0.145 e. The summed E-state index contributed by atoms with van der Waals surface area (Å²) in [5.41, 5.74) is 11.2. The van der Waals surface area contributed by atoms with Crippen molar-refractivity contribution in [2.24, 2.45) is 0 Å². The molecule has 3 heteroatoms. The molecule has 3 aromatic heterocycles. The number of fused-ring (bicyclic) bond motifs is 10. The van der Waals surface area contributed by atoms with Crippen LogP contribution in [0.1, 0.15) is 0 Å². The van der Waals surface area contributed by atoms with Crippen molar-refractivity contribution >= 4 is 65.6 Å². The summed E-state index contributed by atoms with van der Waals surface area (Å²) in [6.07, 6.45) is 0. The molecule has 0 aliphatic carbocycles. The van der Waals surface area contributed by atoms with E-state index < -0.39 is 0 Å². The minimum Gasteiger partial charge on any atom is -0.455 e. The van der Waals surface area contributed by atoms with Gasteiger partial charge in [0.15, 0.2) is 0 Å². The molecule has 0 N–H and O–H groups in total. The van der Waals surface area contributed by atoms with Crippen molar-refractivity contribution < 1.29 is 4.42 Å². The quantitative estimate of drug-likeness (QED) is 0.206. The van der Waals surface area contributed by atoms with E-state index in [1.165, 1.54) is 38.3 Å². The summed E-state index contributed by atoms with van der Waals surface area (Å²) >= 11 is 0. The van der Waals surface area contributed by atoms with Gasteiger partial charge in [0.05, 0.1) is 33.1 Å². The molecule has 10 aromatic rings. The monoisotopic (exact) mass is 574 g/mol. The molecule has 0 saturated heterocycles. The zero-order chi connectivity index (χ0) is 29.5. The van der Waals surface area contributed by atoms with Crippen molar-refractivity contribution in [1.29, 1.82) is 0 Å². The molecule has 0 saturated carbocycles. The van der Waals surface area contributed by atoms with Crippen LogP contribution in [0.5, 0.6) is 0 Å². The van der Waals surface area contributed by atoms with Gasteiger partial charge in [0.1, 0.15) is 11.2 Å². The van der Waals surface area contributed by atoms with E-state index in [0.717, 1.165) is 49.7 Å². The summed E-state index contributed by atoms with van der Waals surface area (Å²) in [7, 11) is 0. The van der Waals surface area contributed by atoms with Gasteiger partial charge in [0.2, 0.25) is 0 Å². The minimum absolute atomic E-state index is 0.909. The lowest BCUT2D eigenvalue weighted by Crippen LogP contribution is -2.01. The summed E-state index contributed by atoms with van der Waals surface area (Å²) in [5.74, 6) is 0. The van der Waals surface area contributed by atoms with E-state index in [0.29, 0.717) is 0 Å². The van der Waals surface area contributed by atoms with E-state index in [9.17, 15) is 0 Å². The fourth-order valence-electron chi connectivity index (χ4n) is 7.46. The number of hydrogen-bond acceptors (Lipinski definition) is 1. The van der Waals surface area contributed by atoms with Gasteiger partial charge in [-0.2, -0.15) is 0 Å². The van der Waals surface area contributed by atoms with Gasteiger partial charge in [-0.3, -0.25) is 0 Å². The number of para-hydroxylation sites is 5. The van der Waals surface area contributed by atoms with Gasteiger partial charge in [-0.1, -0.05) is 115 Å². The summed E-state index contributed by atoms with van der Waals surface area (Å²) in [6, 6.07) is 56.4. The molecule has 0 bridgehead atoms. The average molecular weight is 575 g/mol. The molecule has 3 heterocycles. The van der Waals surface area contributed by atoms with Crippen LogP contribution in [0.2, 0.25) is 0 Å². The molecule has 45 heavy (non-hydrogen) atoms. The molecule has 10 rings (SSSR count). The fourth-order valence-corrected chi connectivity index (χ4v) is 7.46. The molecule has 3 nitrogen and oxygen atoms in total. The fraction of sp³-hybridized carbons (Fsp3) is 0. The highest BCUT2D eigenvalue weighted by Crippen LogP contribution is 2.44. The third-order valence-electron chi connectivity index (χ3n) is 9.31. The van der Waals surface area contributed by atoms with Gasteiger partial charge in [0.25, 0.3) is 0 Å². The number of nitrogens with zero attached hydrogens (tertiary/aromatic N) is 2. The predicted octanol–water partition coefficient (Wildman–Crippen LogP) is 11.4. The lowest BCUT2D eigenvalue weighted by atomic mass is 10.0. The van der Waals surface area contributed by atoms with Gasteiger partial charge >= 0.3 is 0 Å². The van der Waals surface area contributed by atoms with E-state index in [4.69, 9.17) is 4.42 Å². The van der Waals surface area contributed by atoms with E-state index in [1.54, 1.807) is 0 Å². The molecule has 210 valence electrons. The molecule has 0 fully saturated rings. The Bertz CT molecular complexity index is 2740. The van der Waals surface area contributed by atoms with Crippen molar-refractivity contribution in [2.75, 3.05) is 0 Å². The maximum absolute atomic E-state index is 6.65. The zero-order valence-corrected chi connectivity index (χ0v) is 24.3. The molecule has 0 unspecified atom stereocenters. The standard InChI is InChI=1S/C42H26N2O/c1-3-13-27(14-4-1)29-19-11-20-32-30-17-7-9-22-35(30)44(40(29)32)37-23-12-21-34-39-36(43(41(34)37)28-15-5-2-6-16-28)26-25-33-31-18-8-10-24-38(31)45-42(33)39/h1-26H. The Labute approximate surface area is 258 Å². The largest absolute Gasteiger partial charge is 0.455 e. The molecule has 0 amide bonds. The Balaban J connectivity index is 1.44. The van der Waals surface area contributed by atoms with Gasteiger partial charge in [0, 0.05) is 38.2 Å². The first-order valence-electron chi connectivity index (χ1n) is 15.4. The third kappa shape index (κ3) is 3.35. The van der Waals surface area contributed by atoms with Crippen molar-refractivity contribution in [1.82, 2.24) is 9.13 Å². The lowest BCUT2D eigenvalue weighted by molar-refractivity contribution is 0.673. The zero-order valence-electron chi connectivity index (χ0n) is 24.3. The van der Waals surface area contributed by atoms with Crippen LogP contribution in [0.3, 0.4) is 0 Å². The smallest absolute Gasteiger partial charge is 0.145 e. The van der Waals surface area contributed by atoms with Gasteiger partial charge in [-0.25, -0.2) is 0 Å². The second kappa shape index (κ2) is 9.22. The SMILES string of the molecule is c1ccc(-c2cccc3c4ccccc4n(-c4cccc5c6c7oc8ccccc8c7ccc6n(-c6ccccc6)c45)c23)cc1. The number of rotatable bonds is 3. The second-order valence-electron chi connectivity index (χ2n) is 11.7. The minimum atomic E-state index is 0.909. The topological polar surface area (TPSA) is 23.0 Å². The molecule has 0 radical (unpaired) electrons. The van der Waals surface area contributed by atoms with Crippen LogP contribution in [0, 0.1) is 0 Å². The van der Waals surface area contributed by atoms with Crippen LogP contribution < -0.4 is 0 Å². The highest BCUT2D eigenvalue weighted by atomic mass is 16.3. The Kier molecular flexibility index (Phi) is 5.00. The highest BCUT2D eigenvalue weighted by molar-refractivity contribution is 6.25. The van der Waals surface area contributed by atoms with E-state index >= 15 is 0 Å². The van der Waals surface area contributed by atoms with Crippen LogP contribution >= 0.6 is 0 Å². The molecule has 0 atom stereocenters. The van der Waals surface area contributed by atoms with Crippen molar-refractivity contribution in [2.45, 2.75) is 0 Å². The van der Waals surface area contributed by atoms with Crippen LogP contribution in [-0.4, -0.2) is 9.13 Å². The number of benzene rings is 7. The summed E-state index contributed by atoms with van der Waals surface area (Å²) < 4.78 is 11.5. The third-order valence-corrected chi connectivity index (χ3v) is 9.31. The van der Waals surface area contributed by atoms with Crippen molar-refractivity contribution in [3.8, 4) is 22.5 Å². The summed E-state index contributed by atoms with van der Waals surface area (Å²) in [6.45, 7) is 0. The molecule has 0 aliphatic rings. The molecule has 0 aliphatic heterocycles. The van der Waals surface area contributed by atoms with Crippen LogP contribution in [0.25, 0.3) is 88.1 Å². The first-order valence-corrected chi connectivity index (χ1v) is 15.4. The highest BCUT2D eigenvalue weighted by Gasteiger charge is 2.23. The predicted molar refractivity (Wildman–Crippen MR) is 188 cm³/mol. The van der Waals surface area contributed by atoms with E-state index in [2.05, 4.69) is 161 Å². The van der Waals surface area contributed by atoms with Gasteiger partial charge in [-0.15, -0.1) is 0 Å². The Morgan fingerprint density at radius 2 is 1.09 bits per heavy atom. The van der Waals surface area contributed by atoms with E-state index in [1.807, 2.05) is 6.07 Å². The molecule has 7 aromatic carbocycles. The Morgan fingerprint density at radius 3 is 1.96 bits per heavy atom. The Hall–Kier alpha value is -6.06. The molecular weight excluding hydrogens is 548 g/mol. The second-order valence-corrected chi connectivity index (χ2v) is 11.7. The van der Waals surface area contributed by atoms with Crippen LogP contribution in [0.15, 0.2) is 162 Å². The van der Waals surface area contributed by atoms with Crippen molar-refractivity contribution in [3.05, 3.63) is 158 Å². The van der Waals surface area contributed by atoms with E-state index in [-0.39, 0.29) is 0 Å². The van der Waals surface area contributed by atoms with Gasteiger partial charge in [-0.05, 0) is 48.0 Å². The lowest BCUT2D eigenvalue weighted by Gasteiger charge is -2.16. The summed E-state index contributed by atoms with van der Waals surface area (Å²) in [4.78, 5) is 0. The van der Waals surface area contributed by atoms with Crippen LogP contribution in [-0.2, 0) is 0 Å². The first-order chi connectivity index (χ1) is 22.4. The number of furan rings is 1. The molecular formula is C42H26N2O. The van der Waals surface area contributed by atoms with Gasteiger partial charge < -0.3 is 13.6 Å². The normalized spacial score (nSPS) is 12.0. The number of aromatic nitrogens is 2. The average Bonchev–Trinajstić information content (AvgIpc) is 3.77. The first kappa shape index (κ1) is 24.4. The van der Waals surface area contributed by atoms with Crippen LogP contribution in [0.4, 0.5) is 0 Å². The van der Waals surface area contributed by atoms with Crippen molar-refractivity contribution in [3.63, 3.8) is 0 Å². The Morgan fingerprint density at radius 1 is 0.400 bits per heavy atom. The summed E-state index contributed by atoms with van der Waals surface area (Å²) in [5, 5.41) is 7.06. The maximum atomic E-state index is 6.65.